The van der Waals surface area contributed by atoms with Gasteiger partial charge < -0.3 is 29.0 Å². The van der Waals surface area contributed by atoms with Crippen LogP contribution in [0.2, 0.25) is 0 Å². The van der Waals surface area contributed by atoms with E-state index in [9.17, 15) is 5.11 Å². The van der Waals surface area contributed by atoms with Crippen LogP contribution < -0.4 is 14.2 Å². The highest BCUT2D eigenvalue weighted by Crippen LogP contribution is 2.38. The molecule has 0 bridgehead atoms. The van der Waals surface area contributed by atoms with Crippen molar-refractivity contribution in [3.05, 3.63) is 17.7 Å². The van der Waals surface area contributed by atoms with Gasteiger partial charge in [0.15, 0.2) is 11.5 Å². The van der Waals surface area contributed by atoms with Crippen LogP contribution in [0.3, 0.4) is 0 Å². The molecule has 1 aromatic carbocycles. The molecular formula is C20H33NO5. The zero-order valence-corrected chi connectivity index (χ0v) is 16.5. The van der Waals surface area contributed by atoms with Gasteiger partial charge in [0.25, 0.3) is 0 Å². The quantitative estimate of drug-likeness (QED) is 0.686. The number of methoxy groups -OCH3 is 3. The average Bonchev–Trinajstić information content (AvgIpc) is 2.67. The van der Waals surface area contributed by atoms with E-state index in [0.29, 0.717) is 43.0 Å². The van der Waals surface area contributed by atoms with E-state index in [1.54, 1.807) is 21.3 Å². The van der Waals surface area contributed by atoms with Gasteiger partial charge in [-0.2, -0.15) is 0 Å². The average molecular weight is 367 g/mol. The van der Waals surface area contributed by atoms with E-state index in [1.807, 2.05) is 12.1 Å². The van der Waals surface area contributed by atoms with Gasteiger partial charge >= 0.3 is 0 Å². The molecule has 1 fully saturated rings. The normalized spacial score (nSPS) is 16.5. The van der Waals surface area contributed by atoms with Crippen LogP contribution in [0.4, 0.5) is 0 Å². The molecule has 0 unspecified atom stereocenters. The van der Waals surface area contributed by atoms with Crippen molar-refractivity contribution in [2.24, 2.45) is 0 Å². The van der Waals surface area contributed by atoms with Crippen LogP contribution >= 0.6 is 0 Å². The fourth-order valence-electron chi connectivity index (χ4n) is 3.59. The predicted molar refractivity (Wildman–Crippen MR) is 101 cm³/mol. The van der Waals surface area contributed by atoms with Crippen molar-refractivity contribution < 1.29 is 24.1 Å². The standard InChI is InChI=1S/C20H33NO5/c1-21(16-8-6-5-7-9-16)12-17(22)14-26-13-15-10-18(23-2)20(25-4)19(11-15)24-3/h10-11,16-17,22H,5-9,12-14H2,1-4H3/t17-/m1/s1. The molecular weight excluding hydrogens is 334 g/mol. The molecule has 1 atom stereocenters. The number of nitrogens with zero attached hydrogens (tertiary/aromatic N) is 1. The number of hydrogen-bond donors (Lipinski definition) is 1. The lowest BCUT2D eigenvalue weighted by Gasteiger charge is -2.32. The SMILES string of the molecule is COc1cc(COC[C@H](O)CN(C)C2CCCCC2)cc(OC)c1OC. The summed E-state index contributed by atoms with van der Waals surface area (Å²) in [6.07, 6.45) is 5.89. The number of rotatable bonds is 10. The molecule has 1 aromatic rings. The van der Waals surface area contributed by atoms with Crippen LogP contribution in [0.15, 0.2) is 12.1 Å². The van der Waals surface area contributed by atoms with Crippen LogP contribution in [0.5, 0.6) is 17.2 Å². The van der Waals surface area contributed by atoms with Crippen molar-refractivity contribution in [3.8, 4) is 17.2 Å². The first-order valence-corrected chi connectivity index (χ1v) is 9.34. The topological polar surface area (TPSA) is 60.4 Å². The number of benzene rings is 1. The summed E-state index contributed by atoms with van der Waals surface area (Å²) in [6.45, 7) is 1.31. The number of hydrogen-bond acceptors (Lipinski definition) is 6. The van der Waals surface area contributed by atoms with Crippen LogP contribution in [0, 0.1) is 0 Å². The highest BCUT2D eigenvalue weighted by atomic mass is 16.5. The van der Waals surface area contributed by atoms with Crippen molar-refractivity contribution in [3.63, 3.8) is 0 Å². The van der Waals surface area contributed by atoms with Crippen LogP contribution in [0.25, 0.3) is 0 Å². The Hall–Kier alpha value is -1.50. The highest BCUT2D eigenvalue weighted by Gasteiger charge is 2.20. The van der Waals surface area contributed by atoms with Gasteiger partial charge in [0.2, 0.25) is 5.75 Å². The van der Waals surface area contributed by atoms with Gasteiger partial charge in [-0.25, -0.2) is 0 Å². The maximum Gasteiger partial charge on any atom is 0.203 e. The van der Waals surface area contributed by atoms with E-state index in [2.05, 4.69) is 11.9 Å². The summed E-state index contributed by atoms with van der Waals surface area (Å²) in [5.74, 6) is 1.76. The van der Waals surface area contributed by atoms with Crippen molar-refractivity contribution in [1.29, 1.82) is 0 Å². The second-order valence-electron chi connectivity index (χ2n) is 6.93. The molecule has 6 nitrogen and oxygen atoms in total. The van der Waals surface area contributed by atoms with Crippen molar-refractivity contribution >= 4 is 0 Å². The lowest BCUT2D eigenvalue weighted by atomic mass is 9.94. The summed E-state index contributed by atoms with van der Waals surface area (Å²) in [6, 6.07) is 4.32. The zero-order chi connectivity index (χ0) is 18.9. The highest BCUT2D eigenvalue weighted by molar-refractivity contribution is 5.53. The molecule has 0 aliphatic heterocycles. The zero-order valence-electron chi connectivity index (χ0n) is 16.5. The van der Waals surface area contributed by atoms with E-state index < -0.39 is 6.10 Å². The number of aliphatic hydroxyl groups excluding tert-OH is 1. The van der Waals surface area contributed by atoms with E-state index in [0.717, 1.165) is 5.56 Å². The first kappa shape index (κ1) is 20.8. The lowest BCUT2D eigenvalue weighted by molar-refractivity contribution is 0.00481. The molecule has 0 amide bonds. The summed E-state index contributed by atoms with van der Waals surface area (Å²) < 4.78 is 21.7. The second kappa shape index (κ2) is 10.6. The molecule has 1 aliphatic carbocycles. The Morgan fingerprint density at radius 1 is 1.04 bits per heavy atom. The van der Waals surface area contributed by atoms with Gasteiger partial charge in [0.1, 0.15) is 0 Å². The number of ether oxygens (including phenoxy) is 4. The maximum atomic E-state index is 10.3. The molecule has 0 radical (unpaired) electrons. The van der Waals surface area contributed by atoms with E-state index in [-0.39, 0.29) is 0 Å². The minimum Gasteiger partial charge on any atom is -0.493 e. The minimum atomic E-state index is -0.496. The fourth-order valence-corrected chi connectivity index (χ4v) is 3.59. The minimum absolute atomic E-state index is 0.299. The van der Waals surface area contributed by atoms with Gasteiger partial charge in [-0.05, 0) is 37.6 Å². The molecule has 0 spiro atoms. The third kappa shape index (κ3) is 5.76. The largest absolute Gasteiger partial charge is 0.493 e. The van der Waals surface area contributed by atoms with Crippen molar-refractivity contribution in [1.82, 2.24) is 4.90 Å². The Bertz CT molecular complexity index is 520. The van der Waals surface area contributed by atoms with Crippen LogP contribution in [-0.4, -0.2) is 63.7 Å². The third-order valence-electron chi connectivity index (χ3n) is 5.00. The molecule has 0 aromatic heterocycles. The maximum absolute atomic E-state index is 10.3. The van der Waals surface area contributed by atoms with Crippen molar-refractivity contribution in [2.45, 2.75) is 50.9 Å². The molecule has 0 saturated heterocycles. The van der Waals surface area contributed by atoms with Gasteiger partial charge in [0.05, 0.1) is 40.6 Å². The molecule has 26 heavy (non-hydrogen) atoms. The summed E-state index contributed by atoms with van der Waals surface area (Å²) in [5.41, 5.74) is 0.910. The smallest absolute Gasteiger partial charge is 0.203 e. The summed E-state index contributed by atoms with van der Waals surface area (Å²) >= 11 is 0. The Balaban J connectivity index is 1.82. The fraction of sp³-hybridized carbons (Fsp3) is 0.700. The van der Waals surface area contributed by atoms with Crippen molar-refractivity contribution in [2.75, 3.05) is 41.5 Å². The van der Waals surface area contributed by atoms with E-state index in [4.69, 9.17) is 18.9 Å². The molecule has 1 saturated carbocycles. The number of likely N-dealkylation sites (N-methyl/N-ethyl adjacent to an activating group) is 1. The molecule has 1 aliphatic rings. The van der Waals surface area contributed by atoms with E-state index in [1.165, 1.54) is 32.1 Å². The first-order valence-electron chi connectivity index (χ1n) is 9.34. The summed E-state index contributed by atoms with van der Waals surface area (Å²) in [4.78, 5) is 2.27. The lowest BCUT2D eigenvalue weighted by Crippen LogP contribution is -2.40. The second-order valence-corrected chi connectivity index (χ2v) is 6.93. The molecule has 2 rings (SSSR count). The van der Waals surface area contributed by atoms with Crippen LogP contribution in [0.1, 0.15) is 37.7 Å². The summed E-state index contributed by atoms with van der Waals surface area (Å²) in [5, 5.41) is 10.3. The van der Waals surface area contributed by atoms with Gasteiger partial charge in [-0.3, -0.25) is 0 Å². The molecule has 148 valence electrons. The number of aliphatic hydroxyl groups is 1. The Labute approximate surface area is 157 Å². The molecule has 1 N–H and O–H groups in total. The monoisotopic (exact) mass is 367 g/mol. The Morgan fingerprint density at radius 2 is 1.65 bits per heavy atom. The molecule has 6 heteroatoms. The molecule has 0 heterocycles. The Kier molecular flexibility index (Phi) is 8.48. The predicted octanol–water partition coefficient (Wildman–Crippen LogP) is 2.85. The first-order chi connectivity index (χ1) is 12.6. The summed E-state index contributed by atoms with van der Waals surface area (Å²) in [7, 11) is 6.85. The third-order valence-corrected chi connectivity index (χ3v) is 5.00. The van der Waals surface area contributed by atoms with E-state index >= 15 is 0 Å². The van der Waals surface area contributed by atoms with Gasteiger partial charge in [-0.1, -0.05) is 19.3 Å². The van der Waals surface area contributed by atoms with Gasteiger partial charge in [0, 0.05) is 12.6 Å². The van der Waals surface area contributed by atoms with Crippen LogP contribution in [-0.2, 0) is 11.3 Å². The van der Waals surface area contributed by atoms with Gasteiger partial charge in [-0.15, -0.1) is 0 Å². The Morgan fingerprint density at radius 3 is 2.19 bits per heavy atom.